The Morgan fingerprint density at radius 1 is 1.22 bits per heavy atom. The molecule has 0 fully saturated rings. The second kappa shape index (κ2) is 7.96. The topological polar surface area (TPSA) is 87.8 Å². The number of carbonyl (C=O) groups is 1. The van der Waals surface area contributed by atoms with E-state index in [4.69, 9.17) is 14.2 Å². The van der Waals surface area contributed by atoms with Crippen LogP contribution in [0.2, 0.25) is 0 Å². The number of ether oxygens (including phenoxy) is 3. The zero-order chi connectivity index (χ0) is 19.4. The zero-order valence-corrected chi connectivity index (χ0v) is 15.4. The molecule has 1 aromatic carbocycles. The standard InChI is InChI=1S/C19H20N4O4/c1-5-10-27-19(24)17-12(2)23-18(21-20-17)16(15(22-23)11-25-3)13-6-8-14(26-4)9-7-13/h5-9H,1,10-11H2,2-4H3. The molecule has 0 saturated carbocycles. The van der Waals surface area contributed by atoms with E-state index >= 15 is 0 Å². The van der Waals surface area contributed by atoms with E-state index in [0.717, 1.165) is 16.9 Å². The maximum Gasteiger partial charge on any atom is 0.361 e. The SMILES string of the molecule is C=CCOC(=O)c1nnc2c(-c3ccc(OC)cc3)c(COC)nn2c1C. The third-order valence-corrected chi connectivity index (χ3v) is 4.02. The van der Waals surface area contributed by atoms with Crippen molar-refractivity contribution < 1.29 is 19.0 Å². The Morgan fingerprint density at radius 2 is 1.96 bits per heavy atom. The molecule has 0 saturated heterocycles. The average Bonchev–Trinajstić information content (AvgIpc) is 3.06. The van der Waals surface area contributed by atoms with Gasteiger partial charge >= 0.3 is 5.97 Å². The van der Waals surface area contributed by atoms with Gasteiger partial charge in [-0.05, 0) is 24.6 Å². The number of aromatic nitrogens is 4. The van der Waals surface area contributed by atoms with Crippen molar-refractivity contribution in [1.82, 2.24) is 19.8 Å². The van der Waals surface area contributed by atoms with Gasteiger partial charge in [-0.2, -0.15) is 5.10 Å². The average molecular weight is 368 g/mol. The molecule has 0 radical (unpaired) electrons. The summed E-state index contributed by atoms with van der Waals surface area (Å²) in [5.74, 6) is 0.176. The molecule has 140 valence electrons. The minimum Gasteiger partial charge on any atom is -0.497 e. The van der Waals surface area contributed by atoms with E-state index in [1.807, 2.05) is 24.3 Å². The van der Waals surface area contributed by atoms with Gasteiger partial charge in [0.25, 0.3) is 0 Å². The molecule has 0 aliphatic heterocycles. The number of aryl methyl sites for hydroxylation is 1. The molecule has 0 aliphatic carbocycles. The summed E-state index contributed by atoms with van der Waals surface area (Å²) in [5.41, 5.74) is 3.56. The van der Waals surface area contributed by atoms with Crippen molar-refractivity contribution in [2.45, 2.75) is 13.5 Å². The highest BCUT2D eigenvalue weighted by atomic mass is 16.5. The maximum absolute atomic E-state index is 12.2. The summed E-state index contributed by atoms with van der Waals surface area (Å²) in [5, 5.41) is 12.9. The van der Waals surface area contributed by atoms with E-state index in [2.05, 4.69) is 21.9 Å². The molecule has 8 nitrogen and oxygen atoms in total. The molecule has 27 heavy (non-hydrogen) atoms. The van der Waals surface area contributed by atoms with E-state index in [1.165, 1.54) is 6.08 Å². The largest absolute Gasteiger partial charge is 0.497 e. The van der Waals surface area contributed by atoms with Gasteiger partial charge in [0.2, 0.25) is 0 Å². The monoisotopic (exact) mass is 368 g/mol. The first-order valence-corrected chi connectivity index (χ1v) is 8.27. The lowest BCUT2D eigenvalue weighted by atomic mass is 10.1. The van der Waals surface area contributed by atoms with Crippen molar-refractivity contribution >= 4 is 11.6 Å². The van der Waals surface area contributed by atoms with Crippen LogP contribution >= 0.6 is 0 Å². The predicted molar refractivity (Wildman–Crippen MR) is 98.7 cm³/mol. The smallest absolute Gasteiger partial charge is 0.361 e. The van der Waals surface area contributed by atoms with Crippen LogP contribution in [0.15, 0.2) is 36.9 Å². The van der Waals surface area contributed by atoms with Crippen LogP contribution in [0.1, 0.15) is 21.9 Å². The second-order valence-corrected chi connectivity index (χ2v) is 5.74. The van der Waals surface area contributed by atoms with Crippen molar-refractivity contribution in [1.29, 1.82) is 0 Å². The van der Waals surface area contributed by atoms with Gasteiger partial charge in [-0.3, -0.25) is 0 Å². The Labute approximate surface area is 156 Å². The minimum atomic E-state index is -0.573. The van der Waals surface area contributed by atoms with Gasteiger partial charge in [-0.25, -0.2) is 9.31 Å². The predicted octanol–water partition coefficient (Wildman–Crippen LogP) is 2.60. The normalized spacial score (nSPS) is 10.8. The Kier molecular flexibility index (Phi) is 5.46. The second-order valence-electron chi connectivity index (χ2n) is 5.74. The first-order valence-electron chi connectivity index (χ1n) is 8.27. The van der Waals surface area contributed by atoms with Gasteiger partial charge in [0.05, 0.1) is 30.7 Å². The molecule has 0 unspecified atom stereocenters. The van der Waals surface area contributed by atoms with Crippen molar-refractivity contribution in [3.63, 3.8) is 0 Å². The van der Waals surface area contributed by atoms with Gasteiger partial charge in [-0.1, -0.05) is 24.8 Å². The fourth-order valence-corrected chi connectivity index (χ4v) is 2.73. The first-order chi connectivity index (χ1) is 13.1. The maximum atomic E-state index is 12.2. The first kappa shape index (κ1) is 18.5. The molecule has 3 rings (SSSR count). The number of fused-ring (bicyclic) bond motifs is 1. The summed E-state index contributed by atoms with van der Waals surface area (Å²) >= 11 is 0. The van der Waals surface area contributed by atoms with Gasteiger partial charge in [0.1, 0.15) is 12.4 Å². The highest BCUT2D eigenvalue weighted by molar-refractivity contribution is 5.89. The number of esters is 1. The van der Waals surface area contributed by atoms with Crippen LogP contribution in [0.25, 0.3) is 16.8 Å². The van der Waals surface area contributed by atoms with E-state index < -0.39 is 5.97 Å². The Bertz CT molecular complexity index is 980. The van der Waals surface area contributed by atoms with Crippen LogP contribution in [-0.2, 0) is 16.1 Å². The molecule has 2 aromatic heterocycles. The molecular weight excluding hydrogens is 348 g/mol. The third kappa shape index (κ3) is 3.52. The van der Waals surface area contributed by atoms with E-state index in [9.17, 15) is 4.79 Å². The van der Waals surface area contributed by atoms with Crippen molar-refractivity contribution in [2.24, 2.45) is 0 Å². The molecule has 0 spiro atoms. The molecular formula is C19H20N4O4. The summed E-state index contributed by atoms with van der Waals surface area (Å²) < 4.78 is 17.1. The van der Waals surface area contributed by atoms with E-state index in [1.54, 1.807) is 25.7 Å². The van der Waals surface area contributed by atoms with E-state index in [0.29, 0.717) is 23.6 Å². The summed E-state index contributed by atoms with van der Waals surface area (Å²) in [7, 11) is 3.21. The van der Waals surface area contributed by atoms with Crippen LogP contribution < -0.4 is 4.74 Å². The van der Waals surface area contributed by atoms with Gasteiger partial charge in [-0.15, -0.1) is 10.2 Å². The number of hydrogen-bond acceptors (Lipinski definition) is 7. The molecule has 0 amide bonds. The zero-order valence-electron chi connectivity index (χ0n) is 15.4. The number of rotatable bonds is 7. The molecule has 3 aromatic rings. The molecule has 2 heterocycles. The highest BCUT2D eigenvalue weighted by Crippen LogP contribution is 2.30. The number of benzene rings is 1. The summed E-state index contributed by atoms with van der Waals surface area (Å²) in [6.07, 6.45) is 1.49. The Morgan fingerprint density at radius 3 is 2.59 bits per heavy atom. The fourth-order valence-electron chi connectivity index (χ4n) is 2.73. The highest BCUT2D eigenvalue weighted by Gasteiger charge is 2.22. The van der Waals surface area contributed by atoms with Crippen LogP contribution in [0.5, 0.6) is 5.75 Å². The van der Waals surface area contributed by atoms with Crippen LogP contribution in [-0.4, -0.2) is 46.6 Å². The minimum absolute atomic E-state index is 0.100. The lowest BCUT2D eigenvalue weighted by Gasteiger charge is -2.06. The Balaban J connectivity index is 2.14. The van der Waals surface area contributed by atoms with Crippen molar-refractivity contribution in [3.05, 3.63) is 54.0 Å². The van der Waals surface area contributed by atoms with Crippen molar-refractivity contribution in [2.75, 3.05) is 20.8 Å². The number of hydrogen-bond donors (Lipinski definition) is 0. The molecule has 0 aliphatic rings. The fraction of sp³-hybridized carbons (Fsp3) is 0.263. The lowest BCUT2D eigenvalue weighted by Crippen LogP contribution is -2.14. The number of nitrogens with zero attached hydrogens (tertiary/aromatic N) is 4. The number of carbonyl (C=O) groups excluding carboxylic acids is 1. The molecule has 0 atom stereocenters. The summed E-state index contributed by atoms with van der Waals surface area (Å²) in [6.45, 7) is 5.66. The van der Waals surface area contributed by atoms with Crippen LogP contribution in [0.4, 0.5) is 0 Å². The van der Waals surface area contributed by atoms with E-state index in [-0.39, 0.29) is 12.3 Å². The van der Waals surface area contributed by atoms with Gasteiger partial charge in [0, 0.05) is 7.11 Å². The van der Waals surface area contributed by atoms with Crippen molar-refractivity contribution in [3.8, 4) is 16.9 Å². The van der Waals surface area contributed by atoms with Crippen LogP contribution in [0.3, 0.4) is 0 Å². The van der Waals surface area contributed by atoms with Gasteiger partial charge in [0.15, 0.2) is 11.3 Å². The molecule has 8 heteroatoms. The quantitative estimate of drug-likeness (QED) is 0.468. The third-order valence-electron chi connectivity index (χ3n) is 4.02. The summed E-state index contributed by atoms with van der Waals surface area (Å²) in [4.78, 5) is 12.2. The van der Waals surface area contributed by atoms with Crippen LogP contribution in [0, 0.1) is 6.92 Å². The lowest BCUT2D eigenvalue weighted by molar-refractivity contribution is 0.0539. The molecule has 0 N–H and O–H groups in total. The summed E-state index contributed by atoms with van der Waals surface area (Å²) in [6, 6.07) is 7.55. The van der Waals surface area contributed by atoms with Gasteiger partial charge < -0.3 is 14.2 Å². The molecule has 0 bridgehead atoms. The number of methoxy groups -OCH3 is 2. The Hall–Kier alpha value is -3.26.